The Hall–Kier alpha value is -3.73. The molecule has 222 valence electrons. The summed E-state index contributed by atoms with van der Waals surface area (Å²) in [5, 5.41) is 27.5. The number of amides is 3. The number of para-hydroxylation sites is 1. The first-order chi connectivity index (χ1) is 20.3. The Bertz CT molecular complexity index is 1390. The number of nitrogens with zero attached hydrogens (tertiary/aromatic N) is 3. The van der Waals surface area contributed by atoms with E-state index in [0.29, 0.717) is 43.0 Å². The standard InChI is InChI=1S/C32H39N5O5/c1-22(7-5-11-28(39)35-18-6-10-25(35)20-38)32(42)26-19-24(12-13-27(26)34-29(32)40)36-21-37(23-8-3-2-4-9-23)31(30(36)41)14-16-33-17-15-31/h2-5,7-9,12-13,19,22,25,33,38,42H,6,10-11,14-18,20-21H2,1H3,(H,34,40)/b7-5+/t22-,25-,32+/m0/s1. The smallest absolute Gasteiger partial charge is 0.261 e. The van der Waals surface area contributed by atoms with Crippen LogP contribution in [0, 0.1) is 5.92 Å². The predicted molar refractivity (Wildman–Crippen MR) is 160 cm³/mol. The van der Waals surface area contributed by atoms with Crippen molar-refractivity contribution in [3.05, 3.63) is 66.2 Å². The predicted octanol–water partition coefficient (Wildman–Crippen LogP) is 2.32. The zero-order valence-electron chi connectivity index (χ0n) is 24.0. The van der Waals surface area contributed by atoms with Crippen LogP contribution >= 0.6 is 0 Å². The first kappa shape index (κ1) is 28.4. The number of hydrogen-bond donors (Lipinski definition) is 4. The number of aliphatic hydroxyl groups excluding tert-OH is 1. The van der Waals surface area contributed by atoms with E-state index in [4.69, 9.17) is 0 Å². The molecule has 4 N–H and O–H groups in total. The molecule has 0 bridgehead atoms. The van der Waals surface area contributed by atoms with Crippen molar-refractivity contribution in [2.75, 3.05) is 48.0 Å². The second kappa shape index (κ2) is 11.2. The minimum absolute atomic E-state index is 0.0168. The van der Waals surface area contributed by atoms with Crippen LogP contribution in [0.2, 0.25) is 0 Å². The molecule has 4 aliphatic rings. The van der Waals surface area contributed by atoms with Gasteiger partial charge in [-0.05, 0) is 69.1 Å². The van der Waals surface area contributed by atoms with Gasteiger partial charge in [0.05, 0.1) is 19.3 Å². The summed E-state index contributed by atoms with van der Waals surface area (Å²) in [6.45, 7) is 4.18. The summed E-state index contributed by atoms with van der Waals surface area (Å²) < 4.78 is 0. The number of aliphatic hydroxyl groups is 2. The van der Waals surface area contributed by atoms with Crippen LogP contribution in [0.4, 0.5) is 17.1 Å². The van der Waals surface area contributed by atoms with E-state index in [1.807, 2.05) is 36.4 Å². The molecule has 4 aliphatic heterocycles. The van der Waals surface area contributed by atoms with Crippen LogP contribution in [0.25, 0.3) is 0 Å². The Labute approximate surface area is 246 Å². The lowest BCUT2D eigenvalue weighted by Gasteiger charge is -2.39. The lowest BCUT2D eigenvalue weighted by atomic mass is 9.82. The number of piperidine rings is 1. The monoisotopic (exact) mass is 573 g/mol. The van der Waals surface area contributed by atoms with Crippen molar-refractivity contribution in [2.45, 2.75) is 56.2 Å². The Balaban J connectivity index is 1.26. The van der Waals surface area contributed by atoms with Gasteiger partial charge in [-0.15, -0.1) is 0 Å². The highest BCUT2D eigenvalue weighted by Crippen LogP contribution is 2.45. The molecule has 0 unspecified atom stereocenters. The molecule has 0 radical (unpaired) electrons. The molecule has 6 rings (SSSR count). The van der Waals surface area contributed by atoms with Crippen LogP contribution in [-0.4, -0.2) is 77.3 Å². The molecule has 3 atom stereocenters. The molecule has 0 aromatic heterocycles. The van der Waals surface area contributed by atoms with Gasteiger partial charge in [0.15, 0.2) is 5.60 Å². The second-order valence-electron chi connectivity index (χ2n) is 11.9. The minimum atomic E-state index is -1.86. The number of rotatable bonds is 7. The number of carbonyl (C=O) groups is 3. The zero-order chi connectivity index (χ0) is 29.5. The zero-order valence-corrected chi connectivity index (χ0v) is 24.0. The number of likely N-dealkylation sites (tertiary alicyclic amines) is 1. The van der Waals surface area contributed by atoms with E-state index in [1.54, 1.807) is 41.0 Å². The van der Waals surface area contributed by atoms with Crippen molar-refractivity contribution >= 4 is 34.8 Å². The topological polar surface area (TPSA) is 125 Å². The molecule has 3 saturated heterocycles. The highest BCUT2D eigenvalue weighted by Gasteiger charge is 2.54. The largest absolute Gasteiger partial charge is 0.394 e. The summed E-state index contributed by atoms with van der Waals surface area (Å²) in [7, 11) is 0. The van der Waals surface area contributed by atoms with E-state index in [2.05, 4.69) is 15.5 Å². The van der Waals surface area contributed by atoms with Crippen molar-refractivity contribution in [1.29, 1.82) is 0 Å². The maximum absolute atomic E-state index is 14.1. The molecule has 4 heterocycles. The van der Waals surface area contributed by atoms with E-state index in [-0.39, 0.29) is 30.9 Å². The first-order valence-corrected chi connectivity index (χ1v) is 14.9. The summed E-state index contributed by atoms with van der Waals surface area (Å²) in [6, 6.07) is 15.1. The summed E-state index contributed by atoms with van der Waals surface area (Å²) >= 11 is 0. The van der Waals surface area contributed by atoms with Crippen LogP contribution in [0.3, 0.4) is 0 Å². The van der Waals surface area contributed by atoms with Gasteiger partial charge in [-0.1, -0.05) is 37.3 Å². The van der Waals surface area contributed by atoms with Crippen molar-refractivity contribution in [3.63, 3.8) is 0 Å². The number of carbonyl (C=O) groups excluding carboxylic acids is 3. The quantitative estimate of drug-likeness (QED) is 0.375. The highest BCUT2D eigenvalue weighted by molar-refractivity contribution is 6.08. The molecule has 0 aliphatic carbocycles. The Kier molecular flexibility index (Phi) is 7.55. The van der Waals surface area contributed by atoms with Crippen molar-refractivity contribution in [1.82, 2.24) is 10.2 Å². The number of hydrogen-bond acceptors (Lipinski definition) is 7. The fraction of sp³-hybridized carbons (Fsp3) is 0.469. The molecule has 42 heavy (non-hydrogen) atoms. The van der Waals surface area contributed by atoms with Crippen LogP contribution < -0.4 is 20.4 Å². The van der Waals surface area contributed by atoms with E-state index >= 15 is 0 Å². The number of benzene rings is 2. The maximum atomic E-state index is 14.1. The van der Waals surface area contributed by atoms with Crippen molar-refractivity contribution < 1.29 is 24.6 Å². The van der Waals surface area contributed by atoms with Gasteiger partial charge in [-0.3, -0.25) is 19.3 Å². The van der Waals surface area contributed by atoms with Gasteiger partial charge in [-0.2, -0.15) is 0 Å². The van der Waals surface area contributed by atoms with Crippen molar-refractivity contribution in [3.8, 4) is 0 Å². The average molecular weight is 574 g/mol. The fourth-order valence-electron chi connectivity index (χ4n) is 7.07. The lowest BCUT2D eigenvalue weighted by molar-refractivity contribution is -0.137. The summed E-state index contributed by atoms with van der Waals surface area (Å²) in [5.74, 6) is -1.24. The number of nitrogens with one attached hydrogen (secondary N) is 2. The molecule has 10 nitrogen and oxygen atoms in total. The van der Waals surface area contributed by atoms with Gasteiger partial charge < -0.3 is 30.6 Å². The number of fused-ring (bicyclic) bond motifs is 1. The Morgan fingerprint density at radius 1 is 1.12 bits per heavy atom. The summed E-state index contributed by atoms with van der Waals surface area (Å²) in [6.07, 6.45) is 6.55. The third-order valence-corrected chi connectivity index (χ3v) is 9.55. The lowest BCUT2D eigenvalue weighted by Crippen LogP contribution is -2.55. The van der Waals surface area contributed by atoms with Gasteiger partial charge in [0.1, 0.15) is 5.54 Å². The highest BCUT2D eigenvalue weighted by atomic mass is 16.3. The minimum Gasteiger partial charge on any atom is -0.394 e. The van der Waals surface area contributed by atoms with Crippen LogP contribution in [0.1, 0.15) is 44.6 Å². The average Bonchev–Trinajstić information content (AvgIpc) is 3.68. The number of anilines is 3. The third-order valence-electron chi connectivity index (χ3n) is 9.55. The van der Waals surface area contributed by atoms with Gasteiger partial charge in [0, 0.05) is 41.5 Å². The summed E-state index contributed by atoms with van der Waals surface area (Å²) in [4.78, 5) is 45.7. The molecular weight excluding hydrogens is 534 g/mol. The van der Waals surface area contributed by atoms with Crippen LogP contribution in [0.5, 0.6) is 0 Å². The Morgan fingerprint density at radius 2 is 1.88 bits per heavy atom. The van der Waals surface area contributed by atoms with Gasteiger partial charge >= 0.3 is 0 Å². The molecule has 3 amide bonds. The molecule has 1 spiro atoms. The van der Waals surface area contributed by atoms with Gasteiger partial charge in [0.25, 0.3) is 11.8 Å². The molecule has 3 fully saturated rings. The van der Waals surface area contributed by atoms with Gasteiger partial charge in [0.2, 0.25) is 5.91 Å². The molecule has 0 saturated carbocycles. The van der Waals surface area contributed by atoms with E-state index in [1.165, 1.54) is 0 Å². The van der Waals surface area contributed by atoms with Gasteiger partial charge in [-0.25, -0.2) is 0 Å². The maximum Gasteiger partial charge on any atom is 0.261 e. The van der Waals surface area contributed by atoms with Crippen molar-refractivity contribution in [2.24, 2.45) is 5.92 Å². The van der Waals surface area contributed by atoms with E-state index < -0.39 is 23.0 Å². The SMILES string of the molecule is C[C@@H](/C=C/CC(=O)N1CCC[C@H]1CO)[C@]1(O)C(=O)Nc2ccc(N3CN(c4ccccc4)C4(CCNCC4)C3=O)cc21. The Morgan fingerprint density at radius 3 is 2.62 bits per heavy atom. The third kappa shape index (κ3) is 4.58. The molecule has 2 aromatic carbocycles. The molecule has 10 heteroatoms. The summed E-state index contributed by atoms with van der Waals surface area (Å²) in [5.41, 5.74) is 0.00805. The fourth-order valence-corrected chi connectivity index (χ4v) is 7.07. The van der Waals surface area contributed by atoms with Crippen LogP contribution in [-0.2, 0) is 20.0 Å². The normalized spacial score (nSPS) is 25.9. The van der Waals surface area contributed by atoms with E-state index in [9.17, 15) is 24.6 Å². The molecule has 2 aromatic rings. The second-order valence-corrected chi connectivity index (χ2v) is 11.9. The molecular formula is C32H39N5O5. The van der Waals surface area contributed by atoms with E-state index in [0.717, 1.165) is 31.6 Å². The van der Waals surface area contributed by atoms with Crippen LogP contribution in [0.15, 0.2) is 60.7 Å². The first-order valence-electron chi connectivity index (χ1n) is 14.9.